The van der Waals surface area contributed by atoms with E-state index in [1.165, 1.54) is 28.0 Å². The smallest absolute Gasteiger partial charge is 0.323 e. The van der Waals surface area contributed by atoms with Crippen LogP contribution in [0.3, 0.4) is 0 Å². The fourth-order valence-corrected chi connectivity index (χ4v) is 4.85. The molecule has 2 aromatic carbocycles. The molecular weight excluding hydrogens is 449 g/mol. The summed E-state index contributed by atoms with van der Waals surface area (Å²) in [5.41, 5.74) is 7.82. The van der Waals surface area contributed by atoms with E-state index in [0.717, 1.165) is 43.2 Å². The van der Waals surface area contributed by atoms with Crippen molar-refractivity contribution in [1.82, 2.24) is 15.1 Å². The van der Waals surface area contributed by atoms with E-state index in [-0.39, 0.29) is 37.1 Å². The van der Waals surface area contributed by atoms with Crippen molar-refractivity contribution in [2.75, 3.05) is 18.4 Å². The van der Waals surface area contributed by atoms with Crippen LogP contribution in [0.15, 0.2) is 48.5 Å². The van der Waals surface area contributed by atoms with Gasteiger partial charge in [-0.3, -0.25) is 14.5 Å². The molecule has 0 radical (unpaired) electrons. The standard InChI is InChI=1S/C26H32FN5O3/c27-21-10-5-11-22(15-21)30-26(35)32-13-12-31(25(34)20-8-2-1-3-9-20)24(32)23(33)29-17-19-7-4-6-18(14-19)16-28/h4-7,10-11,14-15,20,24H,1-3,8-9,12-13,16-17,28H2,(H,29,33)(H,30,35). The SMILES string of the molecule is NCc1cccc(CNC(=O)C2N(C(=O)Nc3cccc(F)c3)CCN2C(=O)C2CCCCC2)c1. The third-order valence-corrected chi connectivity index (χ3v) is 6.67. The highest BCUT2D eigenvalue weighted by atomic mass is 19.1. The summed E-state index contributed by atoms with van der Waals surface area (Å²) in [5, 5.41) is 5.54. The third-order valence-electron chi connectivity index (χ3n) is 6.67. The summed E-state index contributed by atoms with van der Waals surface area (Å²) in [6.07, 6.45) is 3.61. The summed E-state index contributed by atoms with van der Waals surface area (Å²) in [4.78, 5) is 42.7. The number of anilines is 1. The van der Waals surface area contributed by atoms with Gasteiger partial charge in [0.1, 0.15) is 5.82 Å². The Bertz CT molecular complexity index is 1070. The zero-order valence-electron chi connectivity index (χ0n) is 19.7. The first-order valence-corrected chi connectivity index (χ1v) is 12.2. The highest BCUT2D eigenvalue weighted by Gasteiger charge is 2.44. The van der Waals surface area contributed by atoms with Gasteiger partial charge >= 0.3 is 6.03 Å². The van der Waals surface area contributed by atoms with Crippen LogP contribution in [0.1, 0.15) is 43.2 Å². The van der Waals surface area contributed by atoms with Crippen LogP contribution in [0.2, 0.25) is 0 Å². The number of rotatable bonds is 6. The van der Waals surface area contributed by atoms with E-state index < -0.39 is 23.9 Å². The molecule has 4 rings (SSSR count). The Balaban J connectivity index is 1.51. The molecule has 35 heavy (non-hydrogen) atoms. The zero-order valence-corrected chi connectivity index (χ0v) is 19.7. The van der Waals surface area contributed by atoms with E-state index >= 15 is 0 Å². The molecule has 186 valence electrons. The fourth-order valence-electron chi connectivity index (χ4n) is 4.85. The van der Waals surface area contributed by atoms with Crippen molar-refractivity contribution >= 4 is 23.5 Å². The molecule has 1 unspecified atom stereocenters. The van der Waals surface area contributed by atoms with Crippen molar-refractivity contribution in [3.63, 3.8) is 0 Å². The number of benzene rings is 2. The summed E-state index contributed by atoms with van der Waals surface area (Å²) < 4.78 is 13.6. The average Bonchev–Trinajstić information content (AvgIpc) is 3.33. The number of halogens is 1. The number of urea groups is 1. The maximum Gasteiger partial charge on any atom is 0.323 e. The van der Waals surface area contributed by atoms with Crippen LogP contribution in [0, 0.1) is 11.7 Å². The quantitative estimate of drug-likeness (QED) is 0.589. The Kier molecular flexibility index (Phi) is 7.97. The second-order valence-corrected chi connectivity index (χ2v) is 9.12. The lowest BCUT2D eigenvalue weighted by Gasteiger charge is -2.32. The molecule has 2 fully saturated rings. The molecular formula is C26H32FN5O3. The third kappa shape index (κ3) is 5.97. The predicted molar refractivity (Wildman–Crippen MR) is 130 cm³/mol. The van der Waals surface area contributed by atoms with Crippen LogP contribution in [-0.4, -0.2) is 46.9 Å². The van der Waals surface area contributed by atoms with Gasteiger partial charge in [0.2, 0.25) is 5.91 Å². The molecule has 0 bridgehead atoms. The number of hydrogen-bond donors (Lipinski definition) is 3. The number of nitrogens with two attached hydrogens (primary N) is 1. The van der Waals surface area contributed by atoms with Crippen molar-refractivity contribution in [3.8, 4) is 0 Å². The number of nitrogens with one attached hydrogen (secondary N) is 2. The summed E-state index contributed by atoms with van der Waals surface area (Å²) in [6, 6.07) is 12.6. The Morgan fingerprint density at radius 2 is 1.66 bits per heavy atom. The van der Waals surface area contributed by atoms with Gasteiger partial charge in [-0.1, -0.05) is 49.6 Å². The van der Waals surface area contributed by atoms with Gasteiger partial charge in [0.05, 0.1) is 0 Å². The van der Waals surface area contributed by atoms with Gasteiger partial charge in [-0.2, -0.15) is 0 Å². The predicted octanol–water partition coefficient (Wildman–Crippen LogP) is 3.18. The molecule has 1 saturated heterocycles. The van der Waals surface area contributed by atoms with Crippen LogP contribution >= 0.6 is 0 Å². The van der Waals surface area contributed by atoms with Crippen LogP contribution in [0.5, 0.6) is 0 Å². The van der Waals surface area contributed by atoms with Gasteiger partial charge in [0.25, 0.3) is 5.91 Å². The molecule has 8 nitrogen and oxygen atoms in total. The van der Waals surface area contributed by atoms with Crippen molar-refractivity contribution in [1.29, 1.82) is 0 Å². The minimum absolute atomic E-state index is 0.0870. The maximum absolute atomic E-state index is 13.6. The first-order valence-electron chi connectivity index (χ1n) is 12.2. The minimum Gasteiger partial charge on any atom is -0.349 e. The van der Waals surface area contributed by atoms with E-state index in [0.29, 0.717) is 6.54 Å². The number of amides is 4. The average molecular weight is 482 g/mol. The Morgan fingerprint density at radius 3 is 2.40 bits per heavy atom. The second kappa shape index (κ2) is 11.3. The van der Waals surface area contributed by atoms with Crippen molar-refractivity contribution in [2.24, 2.45) is 11.7 Å². The molecule has 1 saturated carbocycles. The van der Waals surface area contributed by atoms with E-state index in [2.05, 4.69) is 10.6 Å². The van der Waals surface area contributed by atoms with Gasteiger partial charge in [0.15, 0.2) is 6.17 Å². The fraction of sp³-hybridized carbons (Fsp3) is 0.423. The first kappa shape index (κ1) is 24.7. The Labute approximate surface area is 204 Å². The van der Waals surface area contributed by atoms with Crippen LogP contribution in [0.25, 0.3) is 0 Å². The molecule has 0 aromatic heterocycles. The van der Waals surface area contributed by atoms with Crippen molar-refractivity contribution in [3.05, 3.63) is 65.5 Å². The number of carbonyl (C=O) groups excluding carboxylic acids is 3. The lowest BCUT2D eigenvalue weighted by Crippen LogP contribution is -2.55. The number of carbonyl (C=O) groups is 3. The molecule has 4 N–H and O–H groups in total. The van der Waals surface area contributed by atoms with Crippen LogP contribution in [0.4, 0.5) is 14.9 Å². The lowest BCUT2D eigenvalue weighted by atomic mass is 9.88. The molecule has 0 spiro atoms. The molecule has 4 amide bonds. The van der Waals surface area contributed by atoms with Crippen LogP contribution < -0.4 is 16.4 Å². The Hall–Kier alpha value is -3.46. The van der Waals surface area contributed by atoms with Crippen molar-refractivity contribution in [2.45, 2.75) is 51.4 Å². The summed E-state index contributed by atoms with van der Waals surface area (Å²) in [6.45, 7) is 1.11. The number of hydrogen-bond acceptors (Lipinski definition) is 4. The largest absolute Gasteiger partial charge is 0.349 e. The highest BCUT2D eigenvalue weighted by molar-refractivity contribution is 5.96. The summed E-state index contributed by atoms with van der Waals surface area (Å²) in [5.74, 6) is -1.13. The molecule has 2 aliphatic rings. The van der Waals surface area contributed by atoms with Gasteiger partial charge < -0.3 is 21.3 Å². The minimum atomic E-state index is -1.07. The maximum atomic E-state index is 13.6. The topological polar surface area (TPSA) is 108 Å². The van der Waals surface area contributed by atoms with Gasteiger partial charge in [-0.05, 0) is 42.2 Å². The second-order valence-electron chi connectivity index (χ2n) is 9.12. The van der Waals surface area contributed by atoms with E-state index in [1.54, 1.807) is 6.07 Å². The molecule has 9 heteroatoms. The van der Waals surface area contributed by atoms with Crippen molar-refractivity contribution < 1.29 is 18.8 Å². The van der Waals surface area contributed by atoms with E-state index in [4.69, 9.17) is 5.73 Å². The van der Waals surface area contributed by atoms with Gasteiger partial charge in [0, 0.05) is 37.8 Å². The Morgan fingerprint density at radius 1 is 0.943 bits per heavy atom. The molecule has 1 atom stereocenters. The van der Waals surface area contributed by atoms with Crippen LogP contribution in [-0.2, 0) is 22.7 Å². The van der Waals surface area contributed by atoms with Gasteiger partial charge in [-0.15, -0.1) is 0 Å². The zero-order chi connectivity index (χ0) is 24.8. The molecule has 2 aromatic rings. The molecule has 1 aliphatic carbocycles. The number of nitrogens with zero attached hydrogens (tertiary/aromatic N) is 2. The summed E-state index contributed by atoms with van der Waals surface area (Å²) >= 11 is 0. The normalized spacial score (nSPS) is 18.4. The lowest BCUT2D eigenvalue weighted by molar-refractivity contribution is -0.144. The summed E-state index contributed by atoms with van der Waals surface area (Å²) in [7, 11) is 0. The first-order chi connectivity index (χ1) is 17.0. The molecule has 1 aliphatic heterocycles. The molecule has 1 heterocycles. The highest BCUT2D eigenvalue weighted by Crippen LogP contribution is 2.28. The monoisotopic (exact) mass is 481 g/mol. The van der Waals surface area contributed by atoms with E-state index in [1.807, 2.05) is 24.3 Å². The van der Waals surface area contributed by atoms with Gasteiger partial charge in [-0.25, -0.2) is 9.18 Å². The van der Waals surface area contributed by atoms with E-state index in [9.17, 15) is 18.8 Å².